The van der Waals surface area contributed by atoms with Crippen molar-refractivity contribution in [3.05, 3.63) is 55.9 Å². The van der Waals surface area contributed by atoms with E-state index in [0.29, 0.717) is 4.88 Å². The van der Waals surface area contributed by atoms with E-state index in [4.69, 9.17) is 5.73 Å². The number of halogens is 4. The van der Waals surface area contributed by atoms with Gasteiger partial charge in [-0.05, 0) is 34.1 Å². The summed E-state index contributed by atoms with van der Waals surface area (Å²) in [5.41, 5.74) is 5.75. The minimum absolute atomic E-state index is 0.0572. The standard InChI is InChI=1S/C11H7BrF3NS/c12-8-4-3-7(17-8)11(16)5-1-2-6(13)10(15)9(5)14/h1-4,11H,16H2. The molecule has 1 atom stereocenters. The predicted octanol–water partition coefficient (Wildman–Crippen LogP) is 3.98. The maximum Gasteiger partial charge on any atom is 0.194 e. The summed E-state index contributed by atoms with van der Waals surface area (Å²) in [6.07, 6.45) is 0. The lowest BCUT2D eigenvalue weighted by atomic mass is 10.1. The second-order valence-corrected chi connectivity index (χ2v) is 5.88. The molecule has 0 bridgehead atoms. The van der Waals surface area contributed by atoms with E-state index in [1.54, 1.807) is 12.1 Å². The highest BCUT2D eigenvalue weighted by Crippen LogP contribution is 2.31. The van der Waals surface area contributed by atoms with Gasteiger partial charge >= 0.3 is 0 Å². The lowest BCUT2D eigenvalue weighted by Crippen LogP contribution is -2.13. The summed E-state index contributed by atoms with van der Waals surface area (Å²) in [7, 11) is 0. The van der Waals surface area contributed by atoms with Crippen molar-refractivity contribution in [2.24, 2.45) is 5.73 Å². The van der Waals surface area contributed by atoms with E-state index in [0.717, 1.165) is 15.9 Å². The van der Waals surface area contributed by atoms with Crippen LogP contribution in [-0.4, -0.2) is 0 Å². The summed E-state index contributed by atoms with van der Waals surface area (Å²) >= 11 is 4.57. The molecular formula is C11H7BrF3NS. The maximum atomic E-state index is 13.5. The van der Waals surface area contributed by atoms with Crippen molar-refractivity contribution in [2.75, 3.05) is 0 Å². The molecule has 2 N–H and O–H groups in total. The van der Waals surface area contributed by atoms with Crippen LogP contribution in [0.1, 0.15) is 16.5 Å². The van der Waals surface area contributed by atoms with Gasteiger partial charge in [-0.3, -0.25) is 0 Å². The first-order valence-corrected chi connectivity index (χ1v) is 6.26. The molecule has 1 unspecified atom stereocenters. The van der Waals surface area contributed by atoms with Crippen molar-refractivity contribution in [3.8, 4) is 0 Å². The molecule has 0 saturated carbocycles. The van der Waals surface area contributed by atoms with Gasteiger partial charge in [0.25, 0.3) is 0 Å². The first-order valence-electron chi connectivity index (χ1n) is 4.65. The maximum absolute atomic E-state index is 13.5. The van der Waals surface area contributed by atoms with Gasteiger partial charge in [0.1, 0.15) is 0 Å². The highest BCUT2D eigenvalue weighted by molar-refractivity contribution is 9.11. The third-order valence-electron chi connectivity index (χ3n) is 2.30. The lowest BCUT2D eigenvalue weighted by molar-refractivity contribution is 0.439. The fraction of sp³-hybridized carbons (Fsp3) is 0.0909. The number of benzene rings is 1. The molecule has 0 fully saturated rings. The smallest absolute Gasteiger partial charge is 0.194 e. The number of thiophene rings is 1. The van der Waals surface area contributed by atoms with E-state index < -0.39 is 23.5 Å². The molecule has 6 heteroatoms. The van der Waals surface area contributed by atoms with Gasteiger partial charge in [0.2, 0.25) is 0 Å². The Hall–Kier alpha value is -0.850. The molecule has 0 radical (unpaired) electrons. The molecule has 90 valence electrons. The van der Waals surface area contributed by atoms with Crippen LogP contribution in [0.15, 0.2) is 28.1 Å². The Morgan fingerprint density at radius 3 is 2.35 bits per heavy atom. The SMILES string of the molecule is NC(c1ccc(Br)s1)c1ccc(F)c(F)c1F. The predicted molar refractivity (Wildman–Crippen MR) is 64.4 cm³/mol. The van der Waals surface area contributed by atoms with Gasteiger partial charge in [0.05, 0.1) is 9.83 Å². The molecule has 0 amide bonds. The molecule has 0 aliphatic carbocycles. The van der Waals surface area contributed by atoms with E-state index in [1.165, 1.54) is 11.3 Å². The molecule has 1 heterocycles. The Morgan fingerprint density at radius 1 is 1.06 bits per heavy atom. The molecule has 17 heavy (non-hydrogen) atoms. The van der Waals surface area contributed by atoms with Crippen LogP contribution in [0.25, 0.3) is 0 Å². The molecule has 1 aromatic heterocycles. The molecule has 0 aliphatic heterocycles. The Kier molecular flexibility index (Phi) is 3.56. The highest BCUT2D eigenvalue weighted by Gasteiger charge is 2.20. The van der Waals surface area contributed by atoms with Crippen LogP contribution < -0.4 is 5.73 Å². The van der Waals surface area contributed by atoms with Crippen LogP contribution in [0.2, 0.25) is 0 Å². The van der Waals surface area contributed by atoms with Gasteiger partial charge in [-0.15, -0.1) is 11.3 Å². The summed E-state index contributed by atoms with van der Waals surface area (Å²) in [6, 6.07) is 4.70. The topological polar surface area (TPSA) is 26.0 Å². The first kappa shape index (κ1) is 12.6. The largest absolute Gasteiger partial charge is 0.320 e. The molecule has 1 aromatic carbocycles. The van der Waals surface area contributed by atoms with Crippen molar-refractivity contribution in [3.63, 3.8) is 0 Å². The van der Waals surface area contributed by atoms with Crippen LogP contribution in [0.4, 0.5) is 13.2 Å². The second-order valence-electron chi connectivity index (χ2n) is 3.38. The van der Waals surface area contributed by atoms with Gasteiger partial charge in [-0.25, -0.2) is 13.2 Å². The quantitative estimate of drug-likeness (QED) is 0.832. The Morgan fingerprint density at radius 2 is 1.76 bits per heavy atom. The second kappa shape index (κ2) is 4.80. The van der Waals surface area contributed by atoms with Crippen molar-refractivity contribution >= 4 is 27.3 Å². The summed E-state index contributed by atoms with van der Waals surface area (Å²) in [5.74, 6) is -3.94. The van der Waals surface area contributed by atoms with Crippen molar-refractivity contribution in [1.82, 2.24) is 0 Å². The van der Waals surface area contributed by atoms with Gasteiger partial charge < -0.3 is 5.73 Å². The number of hydrogen-bond donors (Lipinski definition) is 1. The van der Waals surface area contributed by atoms with Crippen molar-refractivity contribution < 1.29 is 13.2 Å². The average molecular weight is 322 g/mol. The number of nitrogens with two attached hydrogens (primary N) is 1. The minimum atomic E-state index is -1.49. The van der Waals surface area contributed by atoms with E-state index in [1.807, 2.05) is 0 Å². The normalized spacial score (nSPS) is 12.8. The highest BCUT2D eigenvalue weighted by atomic mass is 79.9. The molecule has 0 aliphatic rings. The van der Waals surface area contributed by atoms with Crippen LogP contribution in [-0.2, 0) is 0 Å². The van der Waals surface area contributed by atoms with E-state index in [-0.39, 0.29) is 5.56 Å². The fourth-order valence-electron chi connectivity index (χ4n) is 1.43. The molecule has 0 saturated heterocycles. The lowest BCUT2D eigenvalue weighted by Gasteiger charge is -2.11. The molecular weight excluding hydrogens is 315 g/mol. The van der Waals surface area contributed by atoms with Crippen molar-refractivity contribution in [2.45, 2.75) is 6.04 Å². The zero-order chi connectivity index (χ0) is 12.6. The number of rotatable bonds is 2. The van der Waals surface area contributed by atoms with E-state index in [2.05, 4.69) is 15.9 Å². The molecule has 2 rings (SSSR count). The Bertz CT molecular complexity index is 556. The van der Waals surface area contributed by atoms with Gasteiger partial charge in [-0.1, -0.05) is 6.07 Å². The molecule has 0 spiro atoms. The minimum Gasteiger partial charge on any atom is -0.320 e. The monoisotopic (exact) mass is 321 g/mol. The fourth-order valence-corrected chi connectivity index (χ4v) is 2.87. The van der Waals surface area contributed by atoms with Gasteiger partial charge in [0, 0.05) is 10.4 Å². The van der Waals surface area contributed by atoms with Crippen LogP contribution in [0.3, 0.4) is 0 Å². The average Bonchev–Trinajstić information content (AvgIpc) is 2.72. The Balaban J connectivity index is 2.44. The summed E-state index contributed by atoms with van der Waals surface area (Å²) < 4.78 is 40.2. The third kappa shape index (κ3) is 2.38. The van der Waals surface area contributed by atoms with E-state index in [9.17, 15) is 13.2 Å². The molecule has 1 nitrogen and oxygen atoms in total. The van der Waals surface area contributed by atoms with Crippen molar-refractivity contribution in [1.29, 1.82) is 0 Å². The summed E-state index contributed by atoms with van der Waals surface area (Å²) in [5, 5.41) is 0. The summed E-state index contributed by atoms with van der Waals surface area (Å²) in [4.78, 5) is 0.668. The van der Waals surface area contributed by atoms with Gasteiger partial charge in [0.15, 0.2) is 17.5 Å². The van der Waals surface area contributed by atoms with Crippen LogP contribution in [0, 0.1) is 17.5 Å². The van der Waals surface area contributed by atoms with Crippen LogP contribution >= 0.6 is 27.3 Å². The number of hydrogen-bond acceptors (Lipinski definition) is 2. The van der Waals surface area contributed by atoms with Crippen LogP contribution in [0.5, 0.6) is 0 Å². The Labute approximate surface area is 108 Å². The zero-order valence-corrected chi connectivity index (χ0v) is 10.8. The summed E-state index contributed by atoms with van der Waals surface area (Å²) in [6.45, 7) is 0. The zero-order valence-electron chi connectivity index (χ0n) is 8.38. The van der Waals surface area contributed by atoms with E-state index >= 15 is 0 Å². The third-order valence-corrected chi connectivity index (χ3v) is 4.01. The molecule has 2 aromatic rings. The van der Waals surface area contributed by atoms with Gasteiger partial charge in [-0.2, -0.15) is 0 Å². The first-order chi connectivity index (χ1) is 8.00.